The Morgan fingerprint density at radius 3 is 2.50 bits per heavy atom. The van der Waals surface area contributed by atoms with Crippen molar-refractivity contribution in [2.24, 2.45) is 23.7 Å². The number of hydrogen-bond acceptors (Lipinski definition) is 3. The monoisotopic (exact) mass is 364 g/mol. The summed E-state index contributed by atoms with van der Waals surface area (Å²) in [5.41, 5.74) is -0.00112. The smallest absolute Gasteiger partial charge is 0.167 e. The molecule has 3 aliphatic rings. The molecule has 2 aromatic rings. The molecule has 0 saturated heterocycles. The third-order valence-corrected chi connectivity index (χ3v) is 7.83. The molecule has 132 valence electrons. The van der Waals surface area contributed by atoms with Crippen LogP contribution < -0.4 is 0 Å². The Bertz CT molecular complexity index is 935. The Balaban J connectivity index is 1.63. The molecule has 26 heavy (non-hydrogen) atoms. The first kappa shape index (κ1) is 16.2. The van der Waals surface area contributed by atoms with Gasteiger partial charge in [0.1, 0.15) is 5.60 Å². The van der Waals surface area contributed by atoms with E-state index in [1.165, 1.54) is 0 Å². The van der Waals surface area contributed by atoms with Crippen LogP contribution >= 0.6 is 0 Å². The van der Waals surface area contributed by atoms with Crippen molar-refractivity contribution in [3.8, 4) is 0 Å². The Kier molecular flexibility index (Phi) is 3.56. The molecule has 0 amide bonds. The summed E-state index contributed by atoms with van der Waals surface area (Å²) < 4.78 is 13.1. The van der Waals surface area contributed by atoms with E-state index >= 15 is 0 Å². The first-order valence-corrected chi connectivity index (χ1v) is 10.4. The Labute approximate surface area is 155 Å². The third kappa shape index (κ3) is 2.15. The molecule has 0 radical (unpaired) electrons. The van der Waals surface area contributed by atoms with Gasteiger partial charge < -0.3 is 5.11 Å². The lowest BCUT2D eigenvalue weighted by Crippen LogP contribution is -2.51. The van der Waals surface area contributed by atoms with E-state index < -0.39 is 16.4 Å². The molecule has 4 heteroatoms. The summed E-state index contributed by atoms with van der Waals surface area (Å²) >= 11 is 0. The highest BCUT2D eigenvalue weighted by Crippen LogP contribution is 2.59. The van der Waals surface area contributed by atoms with Gasteiger partial charge in [-0.3, -0.25) is 9.00 Å². The number of fused-ring (bicyclic) bond motifs is 6. The summed E-state index contributed by atoms with van der Waals surface area (Å²) in [4.78, 5) is 13.8. The highest BCUT2D eigenvalue weighted by molar-refractivity contribution is 7.85. The maximum absolute atomic E-state index is 13.1. The van der Waals surface area contributed by atoms with Crippen molar-refractivity contribution >= 4 is 16.6 Å². The molecule has 1 fully saturated rings. The van der Waals surface area contributed by atoms with Crippen molar-refractivity contribution < 1.29 is 14.1 Å². The average molecular weight is 364 g/mol. The molecule has 1 saturated carbocycles. The number of Topliss-reactive ketones (excluding diaryl/α,β-unsaturated/α-hetero) is 1. The molecule has 2 bridgehead atoms. The maximum atomic E-state index is 13.1. The summed E-state index contributed by atoms with van der Waals surface area (Å²) in [5, 5.41) is 11.9. The van der Waals surface area contributed by atoms with Gasteiger partial charge in [-0.15, -0.1) is 0 Å². The van der Waals surface area contributed by atoms with Crippen molar-refractivity contribution in [3.05, 3.63) is 77.9 Å². The van der Waals surface area contributed by atoms with Crippen LogP contribution in [0.2, 0.25) is 0 Å². The topological polar surface area (TPSA) is 54.4 Å². The predicted molar refractivity (Wildman–Crippen MR) is 100 cm³/mol. The van der Waals surface area contributed by atoms with Crippen molar-refractivity contribution in [2.45, 2.75) is 16.9 Å². The highest BCUT2D eigenvalue weighted by atomic mass is 32.2. The number of aliphatic hydroxyl groups is 1. The second-order valence-electron chi connectivity index (χ2n) is 7.64. The van der Waals surface area contributed by atoms with E-state index in [2.05, 4.69) is 12.2 Å². The summed E-state index contributed by atoms with van der Waals surface area (Å²) in [6.07, 6.45) is 5.19. The molecule has 5 rings (SSSR count). The predicted octanol–water partition coefficient (Wildman–Crippen LogP) is 3.32. The molecule has 3 aliphatic carbocycles. The van der Waals surface area contributed by atoms with Gasteiger partial charge >= 0.3 is 0 Å². The Hall–Kier alpha value is -2.04. The molecule has 0 heterocycles. The molecule has 1 N–H and O–H groups in total. The quantitative estimate of drug-likeness (QED) is 0.850. The Morgan fingerprint density at radius 2 is 1.69 bits per heavy atom. The zero-order valence-electron chi connectivity index (χ0n) is 14.2. The summed E-state index contributed by atoms with van der Waals surface area (Å²) in [5.74, 6) is 0.255. The molecular weight excluding hydrogens is 344 g/mol. The normalized spacial score (nSPS) is 35.2. The first-order valence-electron chi connectivity index (χ1n) is 9.07. The number of benzene rings is 2. The maximum Gasteiger partial charge on any atom is 0.167 e. The van der Waals surface area contributed by atoms with E-state index in [1.807, 2.05) is 48.5 Å². The van der Waals surface area contributed by atoms with E-state index in [9.17, 15) is 14.1 Å². The van der Waals surface area contributed by atoms with E-state index in [0.29, 0.717) is 16.0 Å². The van der Waals surface area contributed by atoms with Crippen molar-refractivity contribution in [2.75, 3.05) is 5.75 Å². The van der Waals surface area contributed by atoms with Gasteiger partial charge in [0.15, 0.2) is 5.78 Å². The molecule has 0 aromatic heterocycles. The molecule has 0 spiro atoms. The minimum atomic E-state index is -1.34. The fraction of sp³-hybridized carbons (Fsp3) is 0.318. The van der Waals surface area contributed by atoms with Crippen LogP contribution in [0.5, 0.6) is 0 Å². The van der Waals surface area contributed by atoms with Crippen LogP contribution in [-0.2, 0) is 16.4 Å². The van der Waals surface area contributed by atoms with Gasteiger partial charge in [0.25, 0.3) is 0 Å². The van der Waals surface area contributed by atoms with E-state index in [1.54, 1.807) is 6.07 Å². The third-order valence-electron chi connectivity index (χ3n) is 6.33. The zero-order chi connectivity index (χ0) is 17.9. The lowest BCUT2D eigenvalue weighted by atomic mass is 9.62. The van der Waals surface area contributed by atoms with Crippen LogP contribution in [0.1, 0.15) is 22.3 Å². The van der Waals surface area contributed by atoms with Gasteiger partial charge in [-0.1, -0.05) is 54.6 Å². The number of rotatable bonds is 3. The molecule has 0 unspecified atom stereocenters. The summed E-state index contributed by atoms with van der Waals surface area (Å²) in [6, 6.07) is 16.6. The second-order valence-corrected chi connectivity index (χ2v) is 9.09. The zero-order valence-corrected chi connectivity index (χ0v) is 15.1. The van der Waals surface area contributed by atoms with Crippen molar-refractivity contribution in [1.82, 2.24) is 0 Å². The highest BCUT2D eigenvalue weighted by Gasteiger charge is 2.61. The molecular formula is C22H20O3S. The van der Waals surface area contributed by atoms with Gasteiger partial charge in [-0.05, 0) is 36.0 Å². The molecule has 6 atom stereocenters. The lowest BCUT2D eigenvalue weighted by Gasteiger charge is -2.45. The number of hydrogen-bond donors (Lipinski definition) is 1. The molecule has 3 nitrogen and oxygen atoms in total. The second kappa shape index (κ2) is 5.73. The number of ketones is 1. The van der Waals surface area contributed by atoms with Gasteiger partial charge in [-0.25, -0.2) is 0 Å². The van der Waals surface area contributed by atoms with Crippen LogP contribution in [0.15, 0.2) is 71.6 Å². The van der Waals surface area contributed by atoms with E-state index in [0.717, 1.165) is 6.42 Å². The van der Waals surface area contributed by atoms with Crippen molar-refractivity contribution in [1.29, 1.82) is 0 Å². The summed E-state index contributed by atoms with van der Waals surface area (Å²) in [6.45, 7) is 0. The molecule has 0 aliphatic heterocycles. The van der Waals surface area contributed by atoms with Crippen molar-refractivity contribution in [3.63, 3.8) is 0 Å². The standard InChI is InChI=1S/C22H20O3S/c23-21-17-8-4-5-9-18(17)22(24,13-26(25)16-6-2-1-3-7-16)20-15-11-10-14(12-15)19(20)21/h1-11,14-15,19-20,24H,12-13H2/t14-,15+,19-,20+,22-,26+/m0/s1. The van der Waals surface area contributed by atoms with Crippen LogP contribution in [0.4, 0.5) is 0 Å². The van der Waals surface area contributed by atoms with Crippen LogP contribution in [-0.4, -0.2) is 20.9 Å². The van der Waals surface area contributed by atoms with Gasteiger partial charge in [-0.2, -0.15) is 0 Å². The average Bonchev–Trinajstić information content (AvgIpc) is 3.29. The number of allylic oxidation sites excluding steroid dienone is 2. The number of carbonyl (C=O) groups excluding carboxylic acids is 1. The fourth-order valence-electron chi connectivity index (χ4n) is 5.29. The van der Waals surface area contributed by atoms with Gasteiger partial charge in [0.05, 0.1) is 16.6 Å². The van der Waals surface area contributed by atoms with Crippen LogP contribution in [0.3, 0.4) is 0 Å². The van der Waals surface area contributed by atoms with Crippen LogP contribution in [0.25, 0.3) is 0 Å². The van der Waals surface area contributed by atoms with E-state index in [4.69, 9.17) is 0 Å². The SMILES string of the molecule is O=C1c2ccccc2[C@@](O)(C[S@@](=O)c2ccccc2)[C@H]2[C@@H]1[C@H]1C=C[C@@H]2C1. The van der Waals surface area contributed by atoms with E-state index in [-0.39, 0.29) is 35.2 Å². The Morgan fingerprint density at radius 1 is 1.00 bits per heavy atom. The van der Waals surface area contributed by atoms with Gasteiger partial charge in [0, 0.05) is 22.3 Å². The summed E-state index contributed by atoms with van der Waals surface area (Å²) in [7, 11) is -1.34. The first-order chi connectivity index (χ1) is 12.6. The van der Waals surface area contributed by atoms with Gasteiger partial charge in [0.2, 0.25) is 0 Å². The molecule has 2 aromatic carbocycles. The minimum Gasteiger partial charge on any atom is -0.384 e. The lowest BCUT2D eigenvalue weighted by molar-refractivity contribution is -0.0371. The van der Waals surface area contributed by atoms with Crippen LogP contribution in [0, 0.1) is 23.7 Å². The minimum absolute atomic E-state index is 0.125. The largest absolute Gasteiger partial charge is 0.384 e. The fourth-order valence-corrected chi connectivity index (χ4v) is 6.67. The number of carbonyl (C=O) groups is 1.